The van der Waals surface area contributed by atoms with Crippen LogP contribution in [0.3, 0.4) is 0 Å². The van der Waals surface area contributed by atoms with Gasteiger partial charge in [-0.15, -0.1) is 0 Å². The molecule has 0 N–H and O–H groups in total. The molecule has 0 radical (unpaired) electrons. The summed E-state index contributed by atoms with van der Waals surface area (Å²) in [6, 6.07) is 6.05. The van der Waals surface area contributed by atoms with Crippen molar-refractivity contribution in [1.29, 1.82) is 0 Å². The highest BCUT2D eigenvalue weighted by molar-refractivity contribution is 9.10. The number of hydrogen-bond acceptors (Lipinski definition) is 1. The molecule has 0 unspecified atom stereocenters. The lowest BCUT2D eigenvalue weighted by Crippen LogP contribution is -1.77. The highest BCUT2D eigenvalue weighted by Gasteiger charge is 2.10. The van der Waals surface area contributed by atoms with Crippen LogP contribution in [0.25, 0.3) is 11.0 Å². The lowest BCUT2D eigenvalue weighted by Gasteiger charge is -1.92. The van der Waals surface area contributed by atoms with Crippen LogP contribution in [-0.2, 0) is 6.42 Å². The van der Waals surface area contributed by atoms with Crippen molar-refractivity contribution in [3.05, 3.63) is 34.0 Å². The van der Waals surface area contributed by atoms with Crippen molar-refractivity contribution >= 4 is 26.9 Å². The normalized spacial score (nSPS) is 11.0. The van der Waals surface area contributed by atoms with Gasteiger partial charge in [0.05, 0.1) is 0 Å². The molecule has 0 saturated carbocycles. The van der Waals surface area contributed by atoms with Crippen LogP contribution in [0, 0.1) is 6.92 Å². The summed E-state index contributed by atoms with van der Waals surface area (Å²) in [5, 5.41) is 1.21. The van der Waals surface area contributed by atoms with Gasteiger partial charge in [0.1, 0.15) is 11.3 Å². The van der Waals surface area contributed by atoms with E-state index in [4.69, 9.17) is 4.42 Å². The van der Waals surface area contributed by atoms with E-state index in [1.165, 1.54) is 10.9 Å². The molecule has 0 aliphatic rings. The number of rotatable bonds is 1. The summed E-state index contributed by atoms with van der Waals surface area (Å²) < 4.78 is 6.82. The summed E-state index contributed by atoms with van der Waals surface area (Å²) in [5.41, 5.74) is 2.23. The van der Waals surface area contributed by atoms with E-state index in [9.17, 15) is 0 Å². The van der Waals surface area contributed by atoms with Crippen molar-refractivity contribution in [1.82, 2.24) is 0 Å². The molecule has 1 aromatic carbocycles. The maximum Gasteiger partial charge on any atom is 0.135 e. The number of hydrogen-bond donors (Lipinski definition) is 0. The van der Waals surface area contributed by atoms with E-state index in [1.807, 2.05) is 18.2 Å². The van der Waals surface area contributed by atoms with E-state index in [1.54, 1.807) is 0 Å². The Morgan fingerprint density at radius 2 is 2.15 bits per heavy atom. The van der Waals surface area contributed by atoms with Gasteiger partial charge in [0, 0.05) is 16.3 Å². The SMILES string of the molecule is CCc1oc2cccc(Br)c2c1C. The Labute approximate surface area is 85.9 Å². The molecule has 0 aliphatic heterocycles. The number of aryl methyl sites for hydroxylation is 2. The third-order valence-corrected chi connectivity index (χ3v) is 2.98. The zero-order chi connectivity index (χ0) is 9.42. The smallest absolute Gasteiger partial charge is 0.135 e. The molecule has 0 spiro atoms. The molecule has 0 fully saturated rings. The fraction of sp³-hybridized carbons (Fsp3) is 0.273. The Kier molecular flexibility index (Phi) is 2.16. The van der Waals surface area contributed by atoms with Crippen molar-refractivity contribution < 1.29 is 4.42 Å². The molecule has 0 bridgehead atoms. The Morgan fingerprint density at radius 1 is 1.38 bits per heavy atom. The van der Waals surface area contributed by atoms with Crippen LogP contribution in [0.5, 0.6) is 0 Å². The predicted molar refractivity (Wildman–Crippen MR) is 58.0 cm³/mol. The zero-order valence-electron chi connectivity index (χ0n) is 7.73. The van der Waals surface area contributed by atoms with Gasteiger partial charge in [-0.25, -0.2) is 0 Å². The van der Waals surface area contributed by atoms with Gasteiger partial charge in [-0.05, 0) is 24.6 Å². The van der Waals surface area contributed by atoms with Crippen LogP contribution in [0.4, 0.5) is 0 Å². The lowest BCUT2D eigenvalue weighted by atomic mass is 10.1. The van der Waals surface area contributed by atoms with Crippen molar-refractivity contribution in [2.45, 2.75) is 20.3 Å². The first-order valence-corrected chi connectivity index (χ1v) is 5.19. The van der Waals surface area contributed by atoms with Gasteiger partial charge in [0.25, 0.3) is 0 Å². The minimum Gasteiger partial charge on any atom is -0.461 e. The molecule has 2 rings (SSSR count). The van der Waals surface area contributed by atoms with Crippen LogP contribution < -0.4 is 0 Å². The van der Waals surface area contributed by atoms with E-state index in [-0.39, 0.29) is 0 Å². The first-order chi connectivity index (χ1) is 6.24. The van der Waals surface area contributed by atoms with Crippen LogP contribution >= 0.6 is 15.9 Å². The molecule has 1 heterocycles. The first kappa shape index (κ1) is 8.82. The predicted octanol–water partition coefficient (Wildman–Crippen LogP) is 4.07. The minimum atomic E-state index is 0.951. The Hall–Kier alpha value is -0.760. The quantitative estimate of drug-likeness (QED) is 0.731. The molecule has 2 aromatic rings. The van der Waals surface area contributed by atoms with E-state index >= 15 is 0 Å². The van der Waals surface area contributed by atoms with Gasteiger partial charge in [0.15, 0.2) is 0 Å². The van der Waals surface area contributed by atoms with E-state index in [2.05, 4.69) is 29.8 Å². The average Bonchev–Trinajstić information content (AvgIpc) is 2.44. The fourth-order valence-corrected chi connectivity index (χ4v) is 2.28. The van der Waals surface area contributed by atoms with Crippen LogP contribution in [-0.4, -0.2) is 0 Å². The van der Waals surface area contributed by atoms with Gasteiger partial charge < -0.3 is 4.42 Å². The summed E-state index contributed by atoms with van der Waals surface area (Å²) >= 11 is 3.53. The number of fused-ring (bicyclic) bond motifs is 1. The molecule has 0 atom stereocenters. The van der Waals surface area contributed by atoms with Gasteiger partial charge in [-0.1, -0.05) is 28.9 Å². The molecule has 0 amide bonds. The number of benzene rings is 1. The second-order valence-corrected chi connectivity index (χ2v) is 3.97. The van der Waals surface area contributed by atoms with Gasteiger partial charge in [0.2, 0.25) is 0 Å². The summed E-state index contributed by atoms with van der Waals surface area (Å²) in [6.07, 6.45) is 0.951. The van der Waals surface area contributed by atoms with Crippen molar-refractivity contribution in [2.24, 2.45) is 0 Å². The Bertz CT molecular complexity index is 443. The van der Waals surface area contributed by atoms with Crippen molar-refractivity contribution in [3.8, 4) is 0 Å². The maximum atomic E-state index is 5.70. The Balaban J connectivity index is 2.85. The molecule has 0 aliphatic carbocycles. The molecular weight excluding hydrogens is 228 g/mol. The molecule has 1 aromatic heterocycles. The topological polar surface area (TPSA) is 13.1 Å². The second-order valence-electron chi connectivity index (χ2n) is 3.12. The van der Waals surface area contributed by atoms with E-state index in [0.717, 1.165) is 22.2 Å². The summed E-state index contributed by atoms with van der Waals surface area (Å²) in [6.45, 7) is 4.22. The van der Waals surface area contributed by atoms with Crippen LogP contribution in [0.2, 0.25) is 0 Å². The third-order valence-electron chi connectivity index (χ3n) is 2.32. The molecule has 1 nitrogen and oxygen atoms in total. The monoisotopic (exact) mass is 238 g/mol. The largest absolute Gasteiger partial charge is 0.461 e. The standard InChI is InChI=1S/C11H11BrO/c1-3-9-7(2)11-8(12)5-4-6-10(11)13-9/h4-6H,3H2,1-2H3. The fourth-order valence-electron chi connectivity index (χ4n) is 1.64. The third kappa shape index (κ3) is 1.29. The first-order valence-electron chi connectivity index (χ1n) is 4.40. The number of furan rings is 1. The molecule has 13 heavy (non-hydrogen) atoms. The van der Waals surface area contributed by atoms with E-state index in [0.29, 0.717) is 0 Å². The summed E-state index contributed by atoms with van der Waals surface area (Å²) in [7, 11) is 0. The summed E-state index contributed by atoms with van der Waals surface area (Å²) in [5.74, 6) is 1.09. The lowest BCUT2D eigenvalue weighted by molar-refractivity contribution is 0.553. The molecule has 2 heteroatoms. The minimum absolute atomic E-state index is 0.951. The average molecular weight is 239 g/mol. The van der Waals surface area contributed by atoms with Crippen LogP contribution in [0.15, 0.2) is 27.1 Å². The van der Waals surface area contributed by atoms with E-state index < -0.39 is 0 Å². The highest BCUT2D eigenvalue weighted by Crippen LogP contribution is 2.31. The Morgan fingerprint density at radius 3 is 2.77 bits per heavy atom. The second kappa shape index (κ2) is 3.18. The van der Waals surface area contributed by atoms with Gasteiger partial charge in [-0.2, -0.15) is 0 Å². The molecule has 0 saturated heterocycles. The van der Waals surface area contributed by atoms with Crippen molar-refractivity contribution in [2.75, 3.05) is 0 Å². The zero-order valence-corrected chi connectivity index (χ0v) is 9.31. The van der Waals surface area contributed by atoms with Gasteiger partial charge >= 0.3 is 0 Å². The van der Waals surface area contributed by atoms with Crippen LogP contribution in [0.1, 0.15) is 18.2 Å². The summed E-state index contributed by atoms with van der Waals surface area (Å²) in [4.78, 5) is 0. The molecular formula is C11H11BrO. The van der Waals surface area contributed by atoms with Crippen molar-refractivity contribution in [3.63, 3.8) is 0 Å². The van der Waals surface area contributed by atoms with Gasteiger partial charge in [-0.3, -0.25) is 0 Å². The maximum absolute atomic E-state index is 5.70. The molecule has 68 valence electrons. The highest BCUT2D eigenvalue weighted by atomic mass is 79.9. The number of halogens is 1.